The van der Waals surface area contributed by atoms with Crippen molar-refractivity contribution in [1.82, 2.24) is 15.5 Å². The summed E-state index contributed by atoms with van der Waals surface area (Å²) in [5.41, 5.74) is 0.660. The van der Waals surface area contributed by atoms with E-state index in [0.717, 1.165) is 11.8 Å². The van der Waals surface area contributed by atoms with Crippen molar-refractivity contribution in [2.24, 2.45) is 0 Å². The van der Waals surface area contributed by atoms with Gasteiger partial charge in [-0.2, -0.15) is 0 Å². The van der Waals surface area contributed by atoms with Crippen LogP contribution < -0.4 is 15.4 Å². The number of ether oxygens (including phenoxy) is 1. The molecule has 0 aliphatic rings. The van der Waals surface area contributed by atoms with Crippen molar-refractivity contribution < 1.29 is 23.2 Å². The van der Waals surface area contributed by atoms with Crippen molar-refractivity contribution in [1.29, 1.82) is 0 Å². The standard InChI is InChI=1S/C17H16N4O5S/c1-24-12-6-4-11(5-7-12)19-14(22)10-27-17-21-20-15(26-17)9-18-16(23)13-3-2-8-25-13/h2-8H,9-10H2,1H3,(H,18,23)(H,19,22). The topological polar surface area (TPSA) is 119 Å². The Morgan fingerprint density at radius 3 is 2.70 bits per heavy atom. The number of carbonyl (C=O) groups is 2. The molecule has 2 N–H and O–H groups in total. The van der Waals surface area contributed by atoms with Crippen LogP contribution in [0.2, 0.25) is 0 Å². The molecule has 0 aliphatic heterocycles. The van der Waals surface area contributed by atoms with E-state index in [0.29, 0.717) is 11.4 Å². The Kier molecular flexibility index (Phi) is 6.10. The second-order valence-electron chi connectivity index (χ2n) is 5.19. The normalized spacial score (nSPS) is 10.4. The molecule has 3 aromatic rings. The molecule has 1 aromatic carbocycles. The lowest BCUT2D eigenvalue weighted by atomic mass is 10.3. The van der Waals surface area contributed by atoms with E-state index in [1.54, 1.807) is 43.5 Å². The Balaban J connectivity index is 1.43. The van der Waals surface area contributed by atoms with Crippen molar-refractivity contribution in [2.45, 2.75) is 11.8 Å². The molecule has 0 bridgehead atoms. The molecule has 0 unspecified atom stereocenters. The summed E-state index contributed by atoms with van der Waals surface area (Å²) in [6.45, 7) is 0.0607. The van der Waals surface area contributed by atoms with Crippen LogP contribution in [0.1, 0.15) is 16.4 Å². The van der Waals surface area contributed by atoms with Crippen LogP contribution in [0.5, 0.6) is 5.75 Å². The van der Waals surface area contributed by atoms with Gasteiger partial charge in [0.15, 0.2) is 5.76 Å². The summed E-state index contributed by atoms with van der Waals surface area (Å²) in [6.07, 6.45) is 1.41. The second kappa shape index (κ2) is 8.90. The molecular weight excluding hydrogens is 372 g/mol. The van der Waals surface area contributed by atoms with Crippen LogP contribution in [0.15, 0.2) is 56.7 Å². The number of amides is 2. The number of methoxy groups -OCH3 is 1. The zero-order valence-electron chi connectivity index (χ0n) is 14.3. The maximum atomic E-state index is 12.0. The molecule has 0 saturated heterocycles. The Labute approximate surface area is 158 Å². The second-order valence-corrected chi connectivity index (χ2v) is 6.11. The fourth-order valence-corrected chi connectivity index (χ4v) is 2.60. The number of carbonyl (C=O) groups excluding carboxylic acids is 2. The average molecular weight is 388 g/mol. The largest absolute Gasteiger partial charge is 0.497 e. The average Bonchev–Trinajstić information content (AvgIpc) is 3.37. The van der Waals surface area contributed by atoms with Gasteiger partial charge in [0.05, 0.1) is 25.7 Å². The first kappa shape index (κ1) is 18.5. The van der Waals surface area contributed by atoms with Crippen LogP contribution in [-0.4, -0.2) is 34.9 Å². The number of nitrogens with zero attached hydrogens (tertiary/aromatic N) is 2. The van der Waals surface area contributed by atoms with E-state index < -0.39 is 0 Å². The molecule has 27 heavy (non-hydrogen) atoms. The lowest BCUT2D eigenvalue weighted by Crippen LogP contribution is -2.22. The predicted molar refractivity (Wildman–Crippen MR) is 96.5 cm³/mol. The SMILES string of the molecule is COc1ccc(NC(=O)CSc2nnc(CNC(=O)c3ccco3)o2)cc1. The van der Waals surface area contributed by atoms with E-state index in [-0.39, 0.29) is 41.0 Å². The summed E-state index contributed by atoms with van der Waals surface area (Å²) in [6, 6.07) is 10.2. The van der Waals surface area contributed by atoms with Crippen molar-refractivity contribution >= 4 is 29.3 Å². The maximum Gasteiger partial charge on any atom is 0.287 e. The van der Waals surface area contributed by atoms with Crippen molar-refractivity contribution in [3.63, 3.8) is 0 Å². The number of hydrogen-bond donors (Lipinski definition) is 2. The van der Waals surface area contributed by atoms with Gasteiger partial charge in [-0.1, -0.05) is 11.8 Å². The third-order valence-corrected chi connectivity index (χ3v) is 4.11. The summed E-state index contributed by atoms with van der Waals surface area (Å²) in [5, 5.41) is 13.2. The van der Waals surface area contributed by atoms with E-state index in [9.17, 15) is 9.59 Å². The van der Waals surface area contributed by atoms with Gasteiger partial charge in [0.1, 0.15) is 5.75 Å². The summed E-state index contributed by atoms with van der Waals surface area (Å²) in [4.78, 5) is 23.7. The summed E-state index contributed by atoms with van der Waals surface area (Å²) >= 11 is 1.10. The first-order valence-electron chi connectivity index (χ1n) is 7.85. The Morgan fingerprint density at radius 1 is 1.19 bits per heavy atom. The minimum Gasteiger partial charge on any atom is -0.497 e. The van der Waals surface area contributed by atoms with Crippen LogP contribution in [0.25, 0.3) is 0 Å². The van der Waals surface area contributed by atoms with Gasteiger partial charge in [0.25, 0.3) is 11.1 Å². The van der Waals surface area contributed by atoms with Crippen LogP contribution in [0.4, 0.5) is 5.69 Å². The van der Waals surface area contributed by atoms with E-state index in [1.807, 2.05) is 0 Å². The molecule has 9 nitrogen and oxygen atoms in total. The number of benzene rings is 1. The van der Waals surface area contributed by atoms with Gasteiger partial charge in [-0.05, 0) is 36.4 Å². The predicted octanol–water partition coefficient (Wildman–Crippen LogP) is 2.33. The Bertz CT molecular complexity index is 892. The first-order valence-corrected chi connectivity index (χ1v) is 8.83. The fraction of sp³-hybridized carbons (Fsp3) is 0.176. The number of rotatable bonds is 8. The monoisotopic (exact) mass is 388 g/mol. The zero-order valence-corrected chi connectivity index (χ0v) is 15.1. The van der Waals surface area contributed by atoms with E-state index in [4.69, 9.17) is 13.6 Å². The summed E-state index contributed by atoms with van der Waals surface area (Å²) < 4.78 is 15.4. The van der Waals surface area contributed by atoms with Gasteiger partial charge in [0.2, 0.25) is 11.8 Å². The molecule has 0 radical (unpaired) electrons. The summed E-state index contributed by atoms with van der Waals surface area (Å²) in [7, 11) is 1.57. The molecule has 2 aromatic heterocycles. The molecule has 0 saturated carbocycles. The van der Waals surface area contributed by atoms with Crippen molar-refractivity contribution in [3.8, 4) is 5.75 Å². The maximum absolute atomic E-state index is 12.0. The number of aromatic nitrogens is 2. The molecule has 10 heteroatoms. The molecule has 2 heterocycles. The molecule has 2 amide bonds. The zero-order chi connectivity index (χ0) is 19.1. The summed E-state index contributed by atoms with van der Waals surface area (Å²) in [5.74, 6) is 0.640. The molecule has 0 atom stereocenters. The van der Waals surface area contributed by atoms with E-state index in [2.05, 4.69) is 20.8 Å². The fourth-order valence-electron chi connectivity index (χ4n) is 2.02. The molecule has 0 aliphatic carbocycles. The highest BCUT2D eigenvalue weighted by Crippen LogP contribution is 2.18. The number of hydrogen-bond acceptors (Lipinski definition) is 8. The smallest absolute Gasteiger partial charge is 0.287 e. The highest BCUT2D eigenvalue weighted by Gasteiger charge is 2.13. The number of thioether (sulfide) groups is 1. The van der Waals surface area contributed by atoms with Gasteiger partial charge in [0, 0.05) is 5.69 Å². The lowest BCUT2D eigenvalue weighted by Gasteiger charge is -2.05. The molecule has 0 fully saturated rings. The molecular formula is C17H16N4O5S. The quantitative estimate of drug-likeness (QED) is 0.564. The van der Waals surface area contributed by atoms with Crippen molar-refractivity contribution in [3.05, 3.63) is 54.3 Å². The third kappa shape index (κ3) is 5.35. The molecule has 140 valence electrons. The minimum atomic E-state index is -0.383. The Morgan fingerprint density at radius 2 is 2.00 bits per heavy atom. The van der Waals surface area contributed by atoms with Crippen LogP contribution in [0, 0.1) is 0 Å². The highest BCUT2D eigenvalue weighted by molar-refractivity contribution is 7.99. The first-order chi connectivity index (χ1) is 13.1. The van der Waals surface area contributed by atoms with Crippen LogP contribution >= 0.6 is 11.8 Å². The van der Waals surface area contributed by atoms with Crippen LogP contribution in [0.3, 0.4) is 0 Å². The minimum absolute atomic E-state index is 0.0607. The van der Waals surface area contributed by atoms with E-state index in [1.165, 1.54) is 6.26 Å². The lowest BCUT2D eigenvalue weighted by molar-refractivity contribution is -0.113. The van der Waals surface area contributed by atoms with Gasteiger partial charge in [-0.25, -0.2) is 0 Å². The van der Waals surface area contributed by atoms with Gasteiger partial charge < -0.3 is 24.2 Å². The Hall–Kier alpha value is -3.27. The number of nitrogens with one attached hydrogen (secondary N) is 2. The number of anilines is 1. The van der Waals surface area contributed by atoms with Gasteiger partial charge >= 0.3 is 0 Å². The molecule has 0 spiro atoms. The van der Waals surface area contributed by atoms with Gasteiger partial charge in [-0.3, -0.25) is 9.59 Å². The van der Waals surface area contributed by atoms with Gasteiger partial charge in [-0.15, -0.1) is 10.2 Å². The number of furan rings is 1. The van der Waals surface area contributed by atoms with Crippen LogP contribution in [-0.2, 0) is 11.3 Å². The molecule has 3 rings (SSSR count). The highest BCUT2D eigenvalue weighted by atomic mass is 32.2. The van der Waals surface area contributed by atoms with E-state index >= 15 is 0 Å². The third-order valence-electron chi connectivity index (χ3n) is 3.29. The van der Waals surface area contributed by atoms with Crippen molar-refractivity contribution in [2.75, 3.05) is 18.2 Å².